The number of amides is 2. The molecule has 2 aromatic heterocycles. The molecule has 0 bridgehead atoms. The lowest BCUT2D eigenvalue weighted by Crippen LogP contribution is -2.48. The zero-order valence-corrected chi connectivity index (χ0v) is 16.9. The monoisotopic (exact) mass is 426 g/mol. The van der Waals surface area contributed by atoms with E-state index in [4.69, 9.17) is 0 Å². The third kappa shape index (κ3) is 5.07. The van der Waals surface area contributed by atoms with Gasteiger partial charge < -0.3 is 15.6 Å². The fraction of sp³-hybridized carbons (Fsp3) is 0.348. The maximum absolute atomic E-state index is 13.5. The molecule has 1 fully saturated rings. The number of H-pyrrole nitrogens is 1. The fourth-order valence-corrected chi connectivity index (χ4v) is 3.99. The minimum atomic E-state index is -2.71. The number of aromatic amines is 1. The number of carbonyl (C=O) groups is 2. The zero-order valence-electron chi connectivity index (χ0n) is 16.9. The van der Waals surface area contributed by atoms with Gasteiger partial charge in [0.05, 0.1) is 0 Å². The highest BCUT2D eigenvalue weighted by Gasteiger charge is 2.38. The molecule has 0 radical (unpaired) electrons. The highest BCUT2D eigenvalue weighted by atomic mass is 19.3. The molecule has 6 nitrogen and oxygen atoms in total. The van der Waals surface area contributed by atoms with Crippen LogP contribution in [0.15, 0.2) is 55.0 Å². The molecular formula is C23H24F2N4O2. The largest absolute Gasteiger partial charge is 0.361 e. The predicted molar refractivity (Wildman–Crippen MR) is 114 cm³/mol. The van der Waals surface area contributed by atoms with Crippen molar-refractivity contribution in [3.63, 3.8) is 0 Å². The minimum Gasteiger partial charge on any atom is -0.361 e. The topological polar surface area (TPSA) is 86.9 Å². The van der Waals surface area contributed by atoms with Crippen LogP contribution in [-0.4, -0.2) is 33.7 Å². The maximum Gasteiger partial charge on any atom is 0.248 e. The molecular weight excluding hydrogens is 402 g/mol. The molecule has 1 atom stereocenters. The summed E-state index contributed by atoms with van der Waals surface area (Å²) in [6.45, 7) is 0. The number of nitrogens with one attached hydrogen (secondary N) is 3. The molecule has 1 aliphatic carbocycles. The van der Waals surface area contributed by atoms with Crippen LogP contribution in [0.2, 0.25) is 0 Å². The minimum absolute atomic E-state index is 0.116. The number of hydrogen-bond donors (Lipinski definition) is 3. The second-order valence-corrected chi connectivity index (χ2v) is 7.98. The SMILES string of the molecule is O=C(NC(Cc1c[nH]c2ccccc12)C(=O)Nc1ccncc1)C1CCC(F)(F)CC1. The van der Waals surface area contributed by atoms with E-state index >= 15 is 0 Å². The number of hydrogen-bond acceptors (Lipinski definition) is 3. The summed E-state index contributed by atoms with van der Waals surface area (Å²) in [7, 11) is 0. The Kier molecular flexibility index (Phi) is 5.97. The lowest BCUT2D eigenvalue weighted by atomic mass is 9.86. The van der Waals surface area contributed by atoms with Crippen LogP contribution in [-0.2, 0) is 16.0 Å². The number of nitrogens with zero attached hydrogens (tertiary/aromatic N) is 1. The molecule has 0 aliphatic heterocycles. The average Bonchev–Trinajstić information content (AvgIpc) is 3.17. The van der Waals surface area contributed by atoms with Gasteiger partial charge in [-0.3, -0.25) is 14.6 Å². The van der Waals surface area contributed by atoms with Gasteiger partial charge in [-0.1, -0.05) is 18.2 Å². The molecule has 8 heteroatoms. The molecule has 1 aromatic carbocycles. The van der Waals surface area contributed by atoms with Gasteiger partial charge in [-0.05, 0) is 36.6 Å². The van der Waals surface area contributed by atoms with E-state index in [1.165, 1.54) is 0 Å². The summed E-state index contributed by atoms with van der Waals surface area (Å²) in [6, 6.07) is 10.2. The standard InChI is InChI=1S/C23H24F2N4O2/c24-23(25)9-5-15(6-10-23)21(30)29-20(22(31)28-17-7-11-26-12-8-17)13-16-14-27-19-4-2-1-3-18(16)19/h1-4,7-8,11-12,14-15,20,27H,5-6,9-10,13H2,(H,29,30)(H,26,28,31). The van der Waals surface area contributed by atoms with Gasteiger partial charge in [0.1, 0.15) is 6.04 Å². The van der Waals surface area contributed by atoms with Crippen LogP contribution >= 0.6 is 0 Å². The number of pyridine rings is 1. The third-order valence-corrected chi connectivity index (χ3v) is 5.77. The van der Waals surface area contributed by atoms with Gasteiger partial charge >= 0.3 is 0 Å². The van der Waals surface area contributed by atoms with Crippen molar-refractivity contribution < 1.29 is 18.4 Å². The molecule has 3 N–H and O–H groups in total. The number of fused-ring (bicyclic) bond motifs is 1. The van der Waals surface area contributed by atoms with E-state index in [2.05, 4.69) is 20.6 Å². The number of benzene rings is 1. The Morgan fingerprint density at radius 2 is 1.84 bits per heavy atom. The second kappa shape index (κ2) is 8.83. The van der Waals surface area contributed by atoms with Crippen molar-refractivity contribution in [3.8, 4) is 0 Å². The number of para-hydroxylation sites is 1. The lowest BCUT2D eigenvalue weighted by Gasteiger charge is -2.28. The Hall–Kier alpha value is -3.29. The van der Waals surface area contributed by atoms with Crippen molar-refractivity contribution in [1.29, 1.82) is 0 Å². The molecule has 1 saturated carbocycles. The number of carbonyl (C=O) groups excluding carboxylic acids is 2. The highest BCUT2D eigenvalue weighted by molar-refractivity contribution is 5.98. The highest BCUT2D eigenvalue weighted by Crippen LogP contribution is 2.36. The van der Waals surface area contributed by atoms with Crippen molar-refractivity contribution in [2.75, 3.05) is 5.32 Å². The quantitative estimate of drug-likeness (QED) is 0.556. The van der Waals surface area contributed by atoms with E-state index in [1.54, 1.807) is 24.5 Å². The third-order valence-electron chi connectivity index (χ3n) is 5.77. The number of alkyl halides is 2. The fourth-order valence-electron chi connectivity index (χ4n) is 3.99. The van der Waals surface area contributed by atoms with Gasteiger partial charge in [0.25, 0.3) is 0 Å². The molecule has 2 amide bonds. The number of aromatic nitrogens is 2. The molecule has 1 unspecified atom stereocenters. The second-order valence-electron chi connectivity index (χ2n) is 7.98. The van der Waals surface area contributed by atoms with Crippen LogP contribution in [0.5, 0.6) is 0 Å². The summed E-state index contributed by atoms with van der Waals surface area (Å²) in [5, 5.41) is 6.58. The van der Waals surface area contributed by atoms with Crippen LogP contribution < -0.4 is 10.6 Å². The van der Waals surface area contributed by atoms with Crippen LogP contribution in [0.25, 0.3) is 10.9 Å². The average molecular weight is 426 g/mol. The van der Waals surface area contributed by atoms with Crippen molar-refractivity contribution >= 4 is 28.4 Å². The van der Waals surface area contributed by atoms with Crippen molar-refractivity contribution in [1.82, 2.24) is 15.3 Å². The number of halogens is 2. The van der Waals surface area contributed by atoms with Crippen LogP contribution in [0, 0.1) is 5.92 Å². The van der Waals surface area contributed by atoms with E-state index in [0.717, 1.165) is 16.5 Å². The molecule has 4 rings (SSSR count). The van der Waals surface area contributed by atoms with Crippen molar-refractivity contribution in [2.24, 2.45) is 5.92 Å². The summed E-state index contributed by atoms with van der Waals surface area (Å²) in [6.07, 6.45) is 4.84. The van der Waals surface area contributed by atoms with Gasteiger partial charge in [-0.2, -0.15) is 0 Å². The Morgan fingerprint density at radius 3 is 2.58 bits per heavy atom. The van der Waals surface area contributed by atoms with Gasteiger partial charge in [-0.15, -0.1) is 0 Å². The summed E-state index contributed by atoms with van der Waals surface area (Å²) in [4.78, 5) is 32.9. The number of anilines is 1. The van der Waals surface area contributed by atoms with E-state index in [1.807, 2.05) is 30.5 Å². The summed E-state index contributed by atoms with van der Waals surface area (Å²) in [5.74, 6) is -3.95. The van der Waals surface area contributed by atoms with Gasteiger partial charge in [0, 0.05) is 60.4 Å². The smallest absolute Gasteiger partial charge is 0.248 e. The summed E-state index contributed by atoms with van der Waals surface area (Å²) in [5.41, 5.74) is 2.39. The molecule has 0 saturated heterocycles. The molecule has 1 aliphatic rings. The van der Waals surface area contributed by atoms with E-state index in [0.29, 0.717) is 5.69 Å². The Labute approximate surface area is 178 Å². The van der Waals surface area contributed by atoms with Crippen LogP contribution in [0.1, 0.15) is 31.2 Å². The Balaban J connectivity index is 1.52. The Bertz CT molecular complexity index is 1060. The maximum atomic E-state index is 13.5. The number of rotatable bonds is 6. The van der Waals surface area contributed by atoms with Crippen molar-refractivity contribution in [2.45, 2.75) is 44.1 Å². The van der Waals surface area contributed by atoms with E-state index < -0.39 is 17.9 Å². The van der Waals surface area contributed by atoms with Crippen molar-refractivity contribution in [3.05, 3.63) is 60.6 Å². The van der Waals surface area contributed by atoms with Gasteiger partial charge in [-0.25, -0.2) is 8.78 Å². The lowest BCUT2D eigenvalue weighted by molar-refractivity contribution is -0.132. The predicted octanol–water partition coefficient (Wildman–Crippen LogP) is 4.05. The van der Waals surface area contributed by atoms with E-state index in [9.17, 15) is 18.4 Å². The molecule has 2 heterocycles. The summed E-state index contributed by atoms with van der Waals surface area (Å²) < 4.78 is 26.9. The molecule has 3 aromatic rings. The molecule has 0 spiro atoms. The van der Waals surface area contributed by atoms with Crippen LogP contribution in [0.4, 0.5) is 14.5 Å². The first-order valence-corrected chi connectivity index (χ1v) is 10.4. The zero-order chi connectivity index (χ0) is 21.8. The first kappa shape index (κ1) is 21.0. The normalized spacial score (nSPS) is 17.2. The first-order valence-electron chi connectivity index (χ1n) is 10.4. The van der Waals surface area contributed by atoms with E-state index in [-0.39, 0.29) is 43.9 Å². The molecule has 31 heavy (non-hydrogen) atoms. The van der Waals surface area contributed by atoms with Crippen LogP contribution in [0.3, 0.4) is 0 Å². The Morgan fingerprint density at radius 1 is 1.13 bits per heavy atom. The first-order chi connectivity index (χ1) is 14.9. The van der Waals surface area contributed by atoms with Gasteiger partial charge in [0.15, 0.2) is 0 Å². The molecule has 162 valence electrons. The summed E-state index contributed by atoms with van der Waals surface area (Å²) >= 11 is 0. The van der Waals surface area contributed by atoms with Gasteiger partial charge in [0.2, 0.25) is 17.7 Å².